The van der Waals surface area contributed by atoms with Crippen molar-refractivity contribution in [2.75, 3.05) is 27.2 Å². The molecule has 4 heteroatoms. The Hall–Kier alpha value is -0.610. The van der Waals surface area contributed by atoms with Gasteiger partial charge in [-0.25, -0.2) is 0 Å². The molecule has 0 heterocycles. The number of ether oxygens (including phenoxy) is 1. The molecule has 0 aromatic rings. The Morgan fingerprint density at radius 1 is 1.40 bits per heavy atom. The molecule has 4 nitrogen and oxygen atoms in total. The molecule has 0 unspecified atom stereocenters. The molecule has 15 heavy (non-hydrogen) atoms. The summed E-state index contributed by atoms with van der Waals surface area (Å²) in [4.78, 5) is 13.3. The van der Waals surface area contributed by atoms with Crippen molar-refractivity contribution < 1.29 is 9.53 Å². The van der Waals surface area contributed by atoms with E-state index in [1.54, 1.807) is 0 Å². The highest BCUT2D eigenvalue weighted by atomic mass is 16.5. The maximum Gasteiger partial charge on any atom is 0.320 e. The summed E-state index contributed by atoms with van der Waals surface area (Å²) in [5, 5.41) is 3.10. The molecule has 0 aliphatic carbocycles. The van der Waals surface area contributed by atoms with E-state index in [-0.39, 0.29) is 24.2 Å². The SMILES string of the molecule is CC(C)OC(=O)CNCC(C)(C)N(C)C. The summed E-state index contributed by atoms with van der Waals surface area (Å²) in [5.74, 6) is -0.195. The highest BCUT2D eigenvalue weighted by Crippen LogP contribution is 2.07. The second-order valence-electron chi connectivity index (χ2n) is 4.85. The van der Waals surface area contributed by atoms with E-state index in [2.05, 4.69) is 24.1 Å². The number of esters is 1. The monoisotopic (exact) mass is 216 g/mol. The number of hydrogen-bond acceptors (Lipinski definition) is 4. The summed E-state index contributed by atoms with van der Waals surface area (Å²) >= 11 is 0. The fraction of sp³-hybridized carbons (Fsp3) is 0.909. The average Bonchev–Trinajstić information content (AvgIpc) is 2.01. The molecule has 0 saturated heterocycles. The number of hydrogen-bond donors (Lipinski definition) is 1. The van der Waals surface area contributed by atoms with E-state index in [0.29, 0.717) is 0 Å². The number of carbonyl (C=O) groups excluding carboxylic acids is 1. The van der Waals surface area contributed by atoms with Crippen LogP contribution in [0.25, 0.3) is 0 Å². The summed E-state index contributed by atoms with van der Waals surface area (Å²) in [6, 6.07) is 0. The quantitative estimate of drug-likeness (QED) is 0.669. The van der Waals surface area contributed by atoms with Gasteiger partial charge in [0.05, 0.1) is 12.6 Å². The van der Waals surface area contributed by atoms with E-state index >= 15 is 0 Å². The van der Waals surface area contributed by atoms with Crippen LogP contribution < -0.4 is 5.32 Å². The lowest BCUT2D eigenvalue weighted by Crippen LogP contribution is -2.47. The van der Waals surface area contributed by atoms with E-state index < -0.39 is 0 Å². The van der Waals surface area contributed by atoms with Crippen molar-refractivity contribution >= 4 is 5.97 Å². The molecular formula is C11H24N2O2. The van der Waals surface area contributed by atoms with Crippen molar-refractivity contribution in [3.05, 3.63) is 0 Å². The maximum atomic E-state index is 11.2. The van der Waals surface area contributed by atoms with Crippen molar-refractivity contribution in [1.82, 2.24) is 10.2 Å². The van der Waals surface area contributed by atoms with Crippen LogP contribution in [0.3, 0.4) is 0 Å². The number of carbonyl (C=O) groups is 1. The predicted octanol–water partition coefficient (Wildman–Crippen LogP) is 0.868. The molecule has 1 N–H and O–H groups in total. The molecule has 0 amide bonds. The minimum atomic E-state index is -0.195. The third kappa shape index (κ3) is 6.47. The van der Waals surface area contributed by atoms with E-state index in [0.717, 1.165) is 6.54 Å². The van der Waals surface area contributed by atoms with Crippen molar-refractivity contribution in [2.45, 2.75) is 39.3 Å². The highest BCUT2D eigenvalue weighted by molar-refractivity contribution is 5.71. The van der Waals surface area contributed by atoms with E-state index in [9.17, 15) is 4.79 Å². The lowest BCUT2D eigenvalue weighted by Gasteiger charge is -2.32. The van der Waals surface area contributed by atoms with Gasteiger partial charge in [0.15, 0.2) is 0 Å². The molecule has 0 rings (SSSR count). The first-order valence-corrected chi connectivity index (χ1v) is 5.33. The zero-order valence-electron chi connectivity index (χ0n) is 10.8. The summed E-state index contributed by atoms with van der Waals surface area (Å²) in [7, 11) is 4.04. The average molecular weight is 216 g/mol. The van der Waals surface area contributed by atoms with Crippen LogP contribution in [0.2, 0.25) is 0 Å². The molecule has 0 aliphatic rings. The Kier molecular flexibility index (Phi) is 5.83. The summed E-state index contributed by atoms with van der Waals surface area (Å²) < 4.78 is 5.01. The molecule has 0 bridgehead atoms. The number of nitrogens with one attached hydrogen (secondary N) is 1. The smallest absolute Gasteiger partial charge is 0.320 e. The van der Waals surface area contributed by atoms with Crippen molar-refractivity contribution in [3.8, 4) is 0 Å². The minimum absolute atomic E-state index is 0.0398. The molecule has 0 radical (unpaired) electrons. The topological polar surface area (TPSA) is 41.6 Å². The number of rotatable bonds is 6. The Morgan fingerprint density at radius 2 is 1.93 bits per heavy atom. The zero-order valence-corrected chi connectivity index (χ0v) is 10.8. The van der Waals surface area contributed by atoms with E-state index in [1.807, 2.05) is 27.9 Å². The molecule has 0 spiro atoms. The summed E-state index contributed by atoms with van der Waals surface area (Å²) in [6.45, 7) is 8.97. The van der Waals surface area contributed by atoms with Gasteiger partial charge in [-0.05, 0) is 41.8 Å². The normalized spacial score (nSPS) is 12.3. The van der Waals surface area contributed by atoms with Gasteiger partial charge in [-0.2, -0.15) is 0 Å². The van der Waals surface area contributed by atoms with Crippen molar-refractivity contribution in [2.24, 2.45) is 0 Å². The van der Waals surface area contributed by atoms with Gasteiger partial charge < -0.3 is 15.0 Å². The van der Waals surface area contributed by atoms with Gasteiger partial charge in [-0.1, -0.05) is 0 Å². The fourth-order valence-corrected chi connectivity index (χ4v) is 0.933. The maximum absolute atomic E-state index is 11.2. The van der Waals surface area contributed by atoms with Gasteiger partial charge in [0.1, 0.15) is 0 Å². The molecule has 0 fully saturated rings. The molecule has 0 aliphatic heterocycles. The molecule has 0 saturated carbocycles. The Labute approximate surface area is 93.0 Å². The molecular weight excluding hydrogens is 192 g/mol. The van der Waals surface area contributed by atoms with Gasteiger partial charge in [0, 0.05) is 12.1 Å². The highest BCUT2D eigenvalue weighted by Gasteiger charge is 2.20. The predicted molar refractivity (Wildman–Crippen MR) is 61.9 cm³/mol. The van der Waals surface area contributed by atoms with Gasteiger partial charge in [-0.15, -0.1) is 0 Å². The van der Waals surface area contributed by atoms with Crippen LogP contribution >= 0.6 is 0 Å². The van der Waals surface area contributed by atoms with Crippen LogP contribution in [-0.2, 0) is 9.53 Å². The van der Waals surface area contributed by atoms with Gasteiger partial charge in [0.25, 0.3) is 0 Å². The van der Waals surface area contributed by atoms with Crippen LogP contribution in [0.5, 0.6) is 0 Å². The van der Waals surface area contributed by atoms with Crippen LogP contribution in [0, 0.1) is 0 Å². The molecule has 0 aromatic carbocycles. The largest absolute Gasteiger partial charge is 0.462 e. The summed E-state index contributed by atoms with van der Waals surface area (Å²) in [5.41, 5.74) is 0.0398. The Morgan fingerprint density at radius 3 is 2.33 bits per heavy atom. The molecule has 90 valence electrons. The van der Waals surface area contributed by atoms with Gasteiger partial charge in [0.2, 0.25) is 0 Å². The van der Waals surface area contributed by atoms with Crippen molar-refractivity contribution in [3.63, 3.8) is 0 Å². The van der Waals surface area contributed by atoms with Crippen LogP contribution in [0.1, 0.15) is 27.7 Å². The molecule has 0 aromatic heterocycles. The van der Waals surface area contributed by atoms with Crippen LogP contribution in [-0.4, -0.2) is 49.7 Å². The zero-order chi connectivity index (χ0) is 12.1. The van der Waals surface area contributed by atoms with Gasteiger partial charge in [-0.3, -0.25) is 4.79 Å². The first kappa shape index (κ1) is 14.4. The lowest BCUT2D eigenvalue weighted by atomic mass is 10.0. The third-order valence-corrected chi connectivity index (χ3v) is 2.40. The van der Waals surface area contributed by atoms with Crippen molar-refractivity contribution in [1.29, 1.82) is 0 Å². The Balaban J connectivity index is 3.75. The molecule has 0 atom stereocenters. The van der Waals surface area contributed by atoms with E-state index in [1.165, 1.54) is 0 Å². The standard InChI is InChI=1S/C11H24N2O2/c1-9(2)15-10(14)7-12-8-11(3,4)13(5)6/h9,12H,7-8H2,1-6H3. The van der Waals surface area contributed by atoms with Crippen LogP contribution in [0.4, 0.5) is 0 Å². The second kappa shape index (κ2) is 6.08. The third-order valence-electron chi connectivity index (χ3n) is 2.40. The fourth-order valence-electron chi connectivity index (χ4n) is 0.933. The lowest BCUT2D eigenvalue weighted by molar-refractivity contribution is -0.146. The first-order chi connectivity index (χ1) is 6.75. The number of nitrogens with zero attached hydrogens (tertiary/aromatic N) is 1. The van der Waals surface area contributed by atoms with E-state index in [4.69, 9.17) is 4.74 Å². The minimum Gasteiger partial charge on any atom is -0.462 e. The van der Waals surface area contributed by atoms with Crippen LogP contribution in [0.15, 0.2) is 0 Å². The summed E-state index contributed by atoms with van der Waals surface area (Å²) in [6.07, 6.45) is -0.0406. The number of likely N-dealkylation sites (N-methyl/N-ethyl adjacent to an activating group) is 1. The first-order valence-electron chi connectivity index (χ1n) is 5.33. The Bertz CT molecular complexity index is 201. The van der Waals surface area contributed by atoms with Gasteiger partial charge >= 0.3 is 5.97 Å². The second-order valence-corrected chi connectivity index (χ2v) is 4.85.